The fraction of sp³-hybridized carbons (Fsp3) is 0.800. The van der Waals surface area contributed by atoms with Crippen molar-refractivity contribution in [2.24, 2.45) is 0 Å². The number of hydrogen-bond donors (Lipinski definition) is 0. The van der Waals surface area contributed by atoms with Crippen molar-refractivity contribution < 1.29 is 28.6 Å². The zero-order valence-corrected chi connectivity index (χ0v) is 47.2. The summed E-state index contributed by atoms with van der Waals surface area (Å²) < 4.78 is 16.9. The maximum atomic E-state index is 12.8. The summed E-state index contributed by atoms with van der Waals surface area (Å²) in [7, 11) is 0. The van der Waals surface area contributed by atoms with Gasteiger partial charge in [0.2, 0.25) is 0 Å². The van der Waals surface area contributed by atoms with Crippen molar-refractivity contribution in [3.8, 4) is 0 Å². The summed E-state index contributed by atoms with van der Waals surface area (Å²) in [6.07, 6.45) is 75.1. The van der Waals surface area contributed by atoms with E-state index in [1.54, 1.807) is 0 Å². The number of unbranched alkanes of at least 4 members (excludes halogenated alkanes) is 35. The molecule has 6 heteroatoms. The zero-order chi connectivity index (χ0) is 51.4. The van der Waals surface area contributed by atoms with Crippen LogP contribution in [-0.2, 0) is 28.6 Å². The second-order valence-corrected chi connectivity index (χ2v) is 20.6. The fourth-order valence-corrected chi connectivity index (χ4v) is 8.83. The van der Waals surface area contributed by atoms with Gasteiger partial charge in [-0.3, -0.25) is 14.4 Å². The van der Waals surface area contributed by atoms with Crippen LogP contribution < -0.4 is 0 Å². The smallest absolute Gasteiger partial charge is 0.306 e. The van der Waals surface area contributed by atoms with Crippen molar-refractivity contribution in [3.63, 3.8) is 0 Å². The average Bonchev–Trinajstić information content (AvgIpc) is 3.37. The Morgan fingerprint density at radius 1 is 0.282 bits per heavy atom. The lowest BCUT2D eigenvalue weighted by Crippen LogP contribution is -2.30. The molecule has 0 N–H and O–H groups in total. The molecule has 0 heterocycles. The maximum absolute atomic E-state index is 12.8. The van der Waals surface area contributed by atoms with Gasteiger partial charge >= 0.3 is 17.9 Å². The summed E-state index contributed by atoms with van der Waals surface area (Å²) in [5.41, 5.74) is 0. The van der Waals surface area contributed by atoms with Crippen LogP contribution in [0.25, 0.3) is 0 Å². The highest BCUT2D eigenvalue weighted by Gasteiger charge is 2.19. The van der Waals surface area contributed by atoms with Gasteiger partial charge in [0.05, 0.1) is 0 Å². The van der Waals surface area contributed by atoms with E-state index in [9.17, 15) is 14.4 Å². The number of allylic oxidation sites excluding steroid dienone is 10. The van der Waals surface area contributed by atoms with Gasteiger partial charge in [-0.25, -0.2) is 0 Å². The molecule has 0 spiro atoms. The SMILES string of the molecule is CCCCCC/C=C\C/C=C\CCCCCCCC(=O)OC(COC(=O)CCCCCCCCCCCC)COC(=O)CCCCCCCCCCCCCC/C=C\C/C=C\C/C=C\CCCCCCC. The number of ether oxygens (including phenoxy) is 3. The summed E-state index contributed by atoms with van der Waals surface area (Å²) in [5.74, 6) is -0.882. The average molecular weight is 994 g/mol. The maximum Gasteiger partial charge on any atom is 0.306 e. The molecule has 0 fully saturated rings. The Bertz CT molecular complexity index is 1280. The molecule has 71 heavy (non-hydrogen) atoms. The minimum atomic E-state index is -0.780. The van der Waals surface area contributed by atoms with Crippen LogP contribution in [0.5, 0.6) is 0 Å². The molecule has 0 bridgehead atoms. The molecule has 412 valence electrons. The molecule has 0 amide bonds. The van der Waals surface area contributed by atoms with Gasteiger partial charge in [-0.1, -0.05) is 268 Å². The van der Waals surface area contributed by atoms with E-state index in [1.165, 1.54) is 180 Å². The lowest BCUT2D eigenvalue weighted by Gasteiger charge is -2.18. The number of hydrogen-bond acceptors (Lipinski definition) is 6. The van der Waals surface area contributed by atoms with Gasteiger partial charge in [-0.2, -0.15) is 0 Å². The first-order chi connectivity index (χ1) is 35.0. The number of rotatable bonds is 56. The van der Waals surface area contributed by atoms with Crippen LogP contribution in [0.1, 0.15) is 316 Å². The van der Waals surface area contributed by atoms with E-state index in [-0.39, 0.29) is 31.1 Å². The number of carbonyl (C=O) groups is 3. The third-order valence-corrected chi connectivity index (χ3v) is 13.5. The van der Waals surface area contributed by atoms with E-state index in [0.29, 0.717) is 19.3 Å². The Balaban J connectivity index is 4.21. The summed E-state index contributed by atoms with van der Waals surface area (Å²) in [4.78, 5) is 38.1. The highest BCUT2D eigenvalue weighted by Crippen LogP contribution is 2.16. The van der Waals surface area contributed by atoms with Crippen molar-refractivity contribution in [2.75, 3.05) is 13.2 Å². The Hall–Kier alpha value is -2.89. The molecule has 0 aromatic carbocycles. The number of carbonyl (C=O) groups excluding carboxylic acids is 3. The Kier molecular flexibility index (Phi) is 57.2. The first-order valence-corrected chi connectivity index (χ1v) is 30.8. The van der Waals surface area contributed by atoms with E-state index in [2.05, 4.69) is 81.5 Å². The zero-order valence-electron chi connectivity index (χ0n) is 47.2. The Morgan fingerprint density at radius 3 is 0.803 bits per heavy atom. The predicted molar refractivity (Wildman–Crippen MR) is 307 cm³/mol. The highest BCUT2D eigenvalue weighted by molar-refractivity contribution is 5.71. The third-order valence-electron chi connectivity index (χ3n) is 13.5. The van der Waals surface area contributed by atoms with Gasteiger partial charge in [0.15, 0.2) is 6.10 Å². The molecule has 0 aliphatic rings. The standard InChI is InChI=1S/C65H116O6/c1-4-7-10-13-16-19-22-24-26-28-29-30-31-32-33-34-35-36-37-38-40-41-43-46-49-52-55-58-64(67)70-61-62(60-69-63(66)57-54-51-48-45-21-18-15-12-9-6-3)71-65(68)59-56-53-50-47-44-42-39-27-25-23-20-17-14-11-8-5-2/h20,22-24,27-29,31-32,39,62H,4-19,21,25-26,30,33-38,40-61H2,1-3H3/b23-20-,24-22-,29-28-,32-31-,39-27-. The van der Waals surface area contributed by atoms with Gasteiger partial charge in [-0.05, 0) is 89.9 Å². The normalized spacial score (nSPS) is 12.4. The predicted octanol–water partition coefficient (Wildman–Crippen LogP) is 20.8. The van der Waals surface area contributed by atoms with Crippen LogP contribution in [0.2, 0.25) is 0 Å². The molecule has 6 nitrogen and oxygen atoms in total. The molecule has 0 saturated heterocycles. The van der Waals surface area contributed by atoms with E-state index >= 15 is 0 Å². The van der Waals surface area contributed by atoms with Crippen LogP contribution >= 0.6 is 0 Å². The Morgan fingerprint density at radius 2 is 0.507 bits per heavy atom. The van der Waals surface area contributed by atoms with E-state index < -0.39 is 6.10 Å². The molecule has 0 aromatic heterocycles. The van der Waals surface area contributed by atoms with Crippen molar-refractivity contribution in [3.05, 3.63) is 60.8 Å². The van der Waals surface area contributed by atoms with Crippen molar-refractivity contribution >= 4 is 17.9 Å². The van der Waals surface area contributed by atoms with E-state index in [4.69, 9.17) is 14.2 Å². The molecular formula is C65H116O6. The summed E-state index contributed by atoms with van der Waals surface area (Å²) in [6, 6.07) is 0. The van der Waals surface area contributed by atoms with Crippen LogP contribution in [0.15, 0.2) is 60.8 Å². The monoisotopic (exact) mass is 993 g/mol. The van der Waals surface area contributed by atoms with Gasteiger partial charge < -0.3 is 14.2 Å². The molecule has 0 rings (SSSR count). The molecule has 1 unspecified atom stereocenters. The van der Waals surface area contributed by atoms with Crippen LogP contribution in [0.4, 0.5) is 0 Å². The van der Waals surface area contributed by atoms with Crippen molar-refractivity contribution in [1.82, 2.24) is 0 Å². The molecule has 0 aliphatic carbocycles. The molecular weight excluding hydrogens is 877 g/mol. The number of esters is 3. The minimum absolute atomic E-state index is 0.0776. The molecule has 0 aromatic rings. The molecule has 0 radical (unpaired) electrons. The third kappa shape index (κ3) is 57.9. The quantitative estimate of drug-likeness (QED) is 0.0261. The largest absolute Gasteiger partial charge is 0.462 e. The van der Waals surface area contributed by atoms with Gasteiger partial charge in [0.25, 0.3) is 0 Å². The first-order valence-electron chi connectivity index (χ1n) is 30.8. The molecule has 0 aliphatic heterocycles. The highest BCUT2D eigenvalue weighted by atomic mass is 16.6. The first kappa shape index (κ1) is 68.1. The van der Waals surface area contributed by atoms with Gasteiger partial charge in [0.1, 0.15) is 13.2 Å². The van der Waals surface area contributed by atoms with Gasteiger partial charge in [0, 0.05) is 19.3 Å². The van der Waals surface area contributed by atoms with Crippen LogP contribution in [0, 0.1) is 0 Å². The Labute approximate surface area is 440 Å². The van der Waals surface area contributed by atoms with Gasteiger partial charge in [-0.15, -0.1) is 0 Å². The van der Waals surface area contributed by atoms with Crippen molar-refractivity contribution in [1.29, 1.82) is 0 Å². The lowest BCUT2D eigenvalue weighted by molar-refractivity contribution is -0.167. The topological polar surface area (TPSA) is 78.9 Å². The minimum Gasteiger partial charge on any atom is -0.462 e. The second kappa shape index (κ2) is 59.7. The summed E-state index contributed by atoms with van der Waals surface area (Å²) in [6.45, 7) is 6.61. The van der Waals surface area contributed by atoms with E-state index in [0.717, 1.165) is 96.3 Å². The summed E-state index contributed by atoms with van der Waals surface area (Å²) in [5, 5.41) is 0. The molecule has 0 saturated carbocycles. The van der Waals surface area contributed by atoms with Crippen LogP contribution in [-0.4, -0.2) is 37.2 Å². The second-order valence-electron chi connectivity index (χ2n) is 20.6. The van der Waals surface area contributed by atoms with Crippen molar-refractivity contribution in [2.45, 2.75) is 322 Å². The fourth-order valence-electron chi connectivity index (χ4n) is 8.83. The molecule has 1 atom stereocenters. The summed E-state index contributed by atoms with van der Waals surface area (Å²) >= 11 is 0. The van der Waals surface area contributed by atoms with Crippen LogP contribution in [0.3, 0.4) is 0 Å². The lowest BCUT2D eigenvalue weighted by atomic mass is 10.0. The van der Waals surface area contributed by atoms with E-state index in [1.807, 2.05) is 0 Å².